The molecular weight excluding hydrogens is 345 g/mol. The lowest BCUT2D eigenvalue weighted by Gasteiger charge is -2.09. The first-order chi connectivity index (χ1) is 8.59. The summed E-state index contributed by atoms with van der Waals surface area (Å²) in [5.41, 5.74) is 0.503. The van der Waals surface area contributed by atoms with Crippen molar-refractivity contribution in [2.75, 3.05) is 5.32 Å². The number of phenolic OH excluding ortho intramolecular Hbond substituents is 2. The fraction of sp³-hybridized carbons (Fsp3) is 0. The molecule has 2 aromatic rings. The quantitative estimate of drug-likeness (QED) is 0.726. The number of anilines is 1. The molecule has 18 heavy (non-hydrogen) atoms. The highest BCUT2D eigenvalue weighted by Crippen LogP contribution is 2.27. The van der Waals surface area contributed by atoms with Gasteiger partial charge in [0.2, 0.25) is 0 Å². The molecule has 92 valence electrons. The second-order valence-corrected chi connectivity index (χ2v) is 4.77. The summed E-state index contributed by atoms with van der Waals surface area (Å²) in [6.45, 7) is 0. The number of benzene rings is 2. The summed E-state index contributed by atoms with van der Waals surface area (Å²) in [7, 11) is 0. The zero-order valence-electron chi connectivity index (χ0n) is 9.22. The molecule has 2 aromatic carbocycles. The maximum Gasteiger partial charge on any atom is 0.263 e. The average Bonchev–Trinajstić information content (AvgIpc) is 2.32. The molecule has 0 heterocycles. The number of amides is 1. The van der Waals surface area contributed by atoms with E-state index in [0.717, 1.165) is 3.57 Å². The minimum atomic E-state index is -0.547. The highest BCUT2D eigenvalue weighted by Gasteiger charge is 2.16. The van der Waals surface area contributed by atoms with Crippen molar-refractivity contribution in [1.82, 2.24) is 0 Å². The Morgan fingerprint density at radius 2 is 1.61 bits per heavy atom. The molecule has 0 aliphatic rings. The van der Waals surface area contributed by atoms with E-state index in [2.05, 4.69) is 27.9 Å². The van der Waals surface area contributed by atoms with Crippen LogP contribution in [0.2, 0.25) is 0 Å². The molecule has 1 amide bonds. The van der Waals surface area contributed by atoms with Crippen LogP contribution in [-0.2, 0) is 0 Å². The first-order valence-corrected chi connectivity index (χ1v) is 6.24. The predicted octanol–water partition coefficient (Wildman–Crippen LogP) is 2.95. The highest BCUT2D eigenvalue weighted by molar-refractivity contribution is 14.1. The third-order valence-electron chi connectivity index (χ3n) is 2.37. The summed E-state index contributed by atoms with van der Waals surface area (Å²) in [5, 5.41) is 21.8. The van der Waals surface area contributed by atoms with Crippen molar-refractivity contribution in [3.05, 3.63) is 51.6 Å². The van der Waals surface area contributed by atoms with E-state index in [1.807, 2.05) is 12.1 Å². The van der Waals surface area contributed by atoms with Gasteiger partial charge < -0.3 is 15.5 Å². The van der Waals surface area contributed by atoms with E-state index in [0.29, 0.717) is 5.69 Å². The smallest absolute Gasteiger partial charge is 0.263 e. The van der Waals surface area contributed by atoms with Crippen molar-refractivity contribution in [2.45, 2.75) is 0 Å². The zero-order valence-corrected chi connectivity index (χ0v) is 11.4. The summed E-state index contributed by atoms with van der Waals surface area (Å²) in [6.07, 6.45) is 0. The average molecular weight is 355 g/mol. The van der Waals surface area contributed by atoms with Crippen LogP contribution in [0.3, 0.4) is 0 Å². The maximum absolute atomic E-state index is 12.0. The van der Waals surface area contributed by atoms with Crippen molar-refractivity contribution < 1.29 is 15.0 Å². The van der Waals surface area contributed by atoms with Crippen LogP contribution in [0.25, 0.3) is 0 Å². The third-order valence-corrected chi connectivity index (χ3v) is 3.31. The first-order valence-electron chi connectivity index (χ1n) is 5.16. The fourth-order valence-electron chi connectivity index (χ4n) is 1.51. The Bertz CT molecular complexity index is 578. The third kappa shape index (κ3) is 2.56. The van der Waals surface area contributed by atoms with Gasteiger partial charge in [-0.3, -0.25) is 4.79 Å². The SMILES string of the molecule is O=C(Nc1ccccc1I)c1c(O)cccc1O. The van der Waals surface area contributed by atoms with E-state index in [1.165, 1.54) is 18.2 Å². The number of phenols is 2. The zero-order chi connectivity index (χ0) is 13.1. The van der Waals surface area contributed by atoms with Gasteiger partial charge in [0.05, 0.1) is 5.69 Å². The van der Waals surface area contributed by atoms with Gasteiger partial charge in [-0.15, -0.1) is 0 Å². The highest BCUT2D eigenvalue weighted by atomic mass is 127. The van der Waals surface area contributed by atoms with Crippen molar-refractivity contribution >= 4 is 34.2 Å². The Morgan fingerprint density at radius 3 is 2.22 bits per heavy atom. The molecule has 0 aliphatic heterocycles. The minimum Gasteiger partial charge on any atom is -0.507 e. The van der Waals surface area contributed by atoms with E-state index in [4.69, 9.17) is 0 Å². The Labute approximate surface area is 117 Å². The van der Waals surface area contributed by atoms with Gasteiger partial charge in [0.1, 0.15) is 17.1 Å². The molecule has 2 rings (SSSR count). The Balaban J connectivity index is 2.31. The first kappa shape index (κ1) is 12.7. The number of hydrogen-bond acceptors (Lipinski definition) is 3. The van der Waals surface area contributed by atoms with Gasteiger partial charge in [0, 0.05) is 3.57 Å². The van der Waals surface area contributed by atoms with Crippen molar-refractivity contribution in [1.29, 1.82) is 0 Å². The lowest BCUT2D eigenvalue weighted by Crippen LogP contribution is -2.13. The number of carbonyl (C=O) groups is 1. The second-order valence-electron chi connectivity index (χ2n) is 3.61. The lowest BCUT2D eigenvalue weighted by molar-refractivity contribution is 0.102. The monoisotopic (exact) mass is 355 g/mol. The second kappa shape index (κ2) is 5.26. The standard InChI is InChI=1S/C13H10INO3/c14-8-4-1-2-5-9(8)15-13(18)12-10(16)6-3-7-11(12)17/h1-7,16-17H,(H,15,18). The van der Waals surface area contributed by atoms with Crippen LogP contribution < -0.4 is 5.32 Å². The lowest BCUT2D eigenvalue weighted by atomic mass is 10.1. The minimum absolute atomic E-state index is 0.128. The maximum atomic E-state index is 12.0. The van der Waals surface area contributed by atoms with Crippen LogP contribution in [0.15, 0.2) is 42.5 Å². The number of para-hydroxylation sites is 1. The molecule has 0 atom stereocenters. The van der Waals surface area contributed by atoms with E-state index in [1.54, 1.807) is 12.1 Å². The van der Waals surface area contributed by atoms with Gasteiger partial charge in [0.15, 0.2) is 0 Å². The summed E-state index contributed by atoms with van der Waals surface area (Å²) in [6, 6.07) is 11.4. The largest absolute Gasteiger partial charge is 0.507 e. The van der Waals surface area contributed by atoms with Crippen molar-refractivity contribution in [2.24, 2.45) is 0 Å². The number of aromatic hydroxyl groups is 2. The molecule has 0 radical (unpaired) electrons. The van der Waals surface area contributed by atoms with Crippen LogP contribution in [0.5, 0.6) is 11.5 Å². The molecule has 0 spiro atoms. The van der Waals surface area contributed by atoms with Crippen LogP contribution in [0.1, 0.15) is 10.4 Å². The number of halogens is 1. The Hall–Kier alpha value is -1.76. The molecule has 0 unspecified atom stereocenters. The Morgan fingerprint density at radius 1 is 1.00 bits per heavy atom. The summed E-state index contributed by atoms with van der Waals surface area (Å²) >= 11 is 2.09. The van der Waals surface area contributed by atoms with Crippen molar-refractivity contribution in [3.63, 3.8) is 0 Å². The molecule has 0 saturated heterocycles. The summed E-state index contributed by atoms with van der Waals surface area (Å²) in [4.78, 5) is 12.0. The van der Waals surface area contributed by atoms with Gasteiger partial charge in [-0.2, -0.15) is 0 Å². The molecule has 0 aliphatic carbocycles. The number of carbonyl (C=O) groups excluding carboxylic acids is 1. The van der Waals surface area contributed by atoms with Crippen molar-refractivity contribution in [3.8, 4) is 11.5 Å². The van der Waals surface area contributed by atoms with Gasteiger partial charge in [-0.05, 0) is 46.9 Å². The molecule has 4 nitrogen and oxygen atoms in total. The van der Waals surface area contributed by atoms with E-state index < -0.39 is 5.91 Å². The normalized spacial score (nSPS) is 10.1. The van der Waals surface area contributed by atoms with Crippen LogP contribution in [-0.4, -0.2) is 16.1 Å². The van der Waals surface area contributed by atoms with Crippen LogP contribution in [0, 0.1) is 3.57 Å². The molecule has 5 heteroatoms. The van der Waals surface area contributed by atoms with Crippen LogP contribution in [0.4, 0.5) is 5.69 Å². The summed E-state index contributed by atoms with van der Waals surface area (Å²) in [5.74, 6) is -1.05. The topological polar surface area (TPSA) is 69.6 Å². The molecule has 3 N–H and O–H groups in total. The molecule has 0 aromatic heterocycles. The van der Waals surface area contributed by atoms with Gasteiger partial charge in [-0.25, -0.2) is 0 Å². The number of nitrogens with one attached hydrogen (secondary N) is 1. The van der Waals surface area contributed by atoms with Gasteiger partial charge in [-0.1, -0.05) is 18.2 Å². The molecule has 0 saturated carbocycles. The number of rotatable bonds is 2. The molecular formula is C13H10INO3. The Kier molecular flexibility index (Phi) is 3.71. The molecule has 0 bridgehead atoms. The summed E-state index contributed by atoms with van der Waals surface area (Å²) < 4.78 is 0.873. The number of hydrogen-bond donors (Lipinski definition) is 3. The molecule has 0 fully saturated rings. The fourth-order valence-corrected chi connectivity index (χ4v) is 2.03. The van der Waals surface area contributed by atoms with Gasteiger partial charge >= 0.3 is 0 Å². The van der Waals surface area contributed by atoms with E-state index in [-0.39, 0.29) is 17.1 Å². The predicted molar refractivity (Wildman–Crippen MR) is 76.9 cm³/mol. The van der Waals surface area contributed by atoms with Crippen LogP contribution >= 0.6 is 22.6 Å². The van der Waals surface area contributed by atoms with E-state index >= 15 is 0 Å². The van der Waals surface area contributed by atoms with E-state index in [9.17, 15) is 15.0 Å². The van der Waals surface area contributed by atoms with Gasteiger partial charge in [0.25, 0.3) is 5.91 Å².